The Labute approximate surface area is 270 Å². The fourth-order valence-electron chi connectivity index (χ4n) is 5.65. The smallest absolute Gasteiger partial charge is 0.243 e. The van der Waals surface area contributed by atoms with E-state index in [0.29, 0.717) is 26.4 Å². The SMILES string of the molecule is Cc1ccc(S(=O)(=O)N2CCOCCOCCOc3ccc4ccccc4c3-c3c(ccc4ccccc34)OCCOCC2)cc1. The first-order valence-electron chi connectivity index (χ1n) is 15.6. The standard InChI is InChI=1S/C37H39NO7S/c1-28-10-14-31(15-11-28)46(39,40)38-18-20-41-22-23-43-25-27-45-35-17-13-30-7-3-5-9-33(30)37(35)36-32-8-4-2-6-29(32)12-16-34(36)44-26-24-42-21-19-38/h2-17H,18-27H2,1H3. The van der Waals surface area contributed by atoms with Crippen molar-refractivity contribution in [1.82, 2.24) is 4.31 Å². The monoisotopic (exact) mass is 641 g/mol. The quantitative estimate of drug-likeness (QED) is 0.218. The predicted octanol–water partition coefficient (Wildman–Crippen LogP) is 6.48. The molecular formula is C37H39NO7S. The number of sulfonamides is 1. The molecule has 46 heavy (non-hydrogen) atoms. The lowest BCUT2D eigenvalue weighted by atomic mass is 9.92. The average Bonchev–Trinajstić information content (AvgIpc) is 3.07. The number of ether oxygens (including phenoxy) is 5. The molecule has 5 aromatic rings. The molecule has 0 saturated heterocycles. The summed E-state index contributed by atoms with van der Waals surface area (Å²) in [5.41, 5.74) is 2.90. The molecule has 0 fully saturated rings. The fraction of sp³-hybridized carbons (Fsp3) is 0.297. The zero-order valence-corrected chi connectivity index (χ0v) is 26.8. The Bertz CT molecular complexity index is 1880. The molecule has 0 N–H and O–H groups in total. The number of hydrogen-bond acceptors (Lipinski definition) is 7. The molecule has 9 heteroatoms. The van der Waals surface area contributed by atoms with Crippen molar-refractivity contribution in [3.63, 3.8) is 0 Å². The summed E-state index contributed by atoms with van der Waals surface area (Å²) in [7, 11) is -3.73. The van der Waals surface area contributed by atoms with Gasteiger partial charge in [0.15, 0.2) is 0 Å². The molecule has 1 heterocycles. The molecule has 8 nitrogen and oxygen atoms in total. The van der Waals surface area contributed by atoms with E-state index in [1.54, 1.807) is 24.3 Å². The summed E-state index contributed by atoms with van der Waals surface area (Å²) >= 11 is 0. The lowest BCUT2D eigenvalue weighted by Gasteiger charge is -2.23. The van der Waals surface area contributed by atoms with E-state index in [9.17, 15) is 8.42 Å². The van der Waals surface area contributed by atoms with Crippen LogP contribution < -0.4 is 9.47 Å². The third-order valence-corrected chi connectivity index (χ3v) is 9.92. The molecule has 0 atom stereocenters. The largest absolute Gasteiger partial charge is 0.491 e. The molecule has 0 aromatic heterocycles. The highest BCUT2D eigenvalue weighted by Gasteiger charge is 2.24. The minimum atomic E-state index is -3.73. The van der Waals surface area contributed by atoms with Crippen molar-refractivity contribution >= 4 is 31.6 Å². The van der Waals surface area contributed by atoms with E-state index in [-0.39, 0.29) is 44.4 Å². The lowest BCUT2D eigenvalue weighted by Crippen LogP contribution is -2.37. The molecule has 6 rings (SSSR count). The second kappa shape index (κ2) is 15.1. The van der Waals surface area contributed by atoms with Crippen LogP contribution in [0, 0.1) is 6.92 Å². The van der Waals surface area contributed by atoms with Gasteiger partial charge in [-0.1, -0.05) is 78.4 Å². The first kappa shape index (κ1) is 32.0. The first-order chi connectivity index (χ1) is 22.5. The van der Waals surface area contributed by atoms with Gasteiger partial charge in [-0.25, -0.2) is 8.42 Å². The summed E-state index contributed by atoms with van der Waals surface area (Å²) in [6, 6.07) is 31.5. The Morgan fingerprint density at radius 2 is 0.978 bits per heavy atom. The predicted molar refractivity (Wildman–Crippen MR) is 180 cm³/mol. The molecule has 1 aliphatic heterocycles. The number of hydrogen-bond donors (Lipinski definition) is 0. The minimum absolute atomic E-state index is 0.188. The van der Waals surface area contributed by atoms with Crippen LogP contribution in [0.15, 0.2) is 102 Å². The van der Waals surface area contributed by atoms with Crippen molar-refractivity contribution < 1.29 is 32.1 Å². The van der Waals surface area contributed by atoms with Crippen molar-refractivity contribution in [2.24, 2.45) is 0 Å². The van der Waals surface area contributed by atoms with Gasteiger partial charge in [-0.3, -0.25) is 0 Å². The third-order valence-electron chi connectivity index (χ3n) is 8.00. The molecule has 0 radical (unpaired) electrons. The van der Waals surface area contributed by atoms with Crippen LogP contribution in [0.3, 0.4) is 0 Å². The van der Waals surface area contributed by atoms with Crippen molar-refractivity contribution in [1.29, 1.82) is 0 Å². The molecule has 5 aromatic carbocycles. The molecular weight excluding hydrogens is 602 g/mol. The van der Waals surface area contributed by atoms with E-state index >= 15 is 0 Å². The van der Waals surface area contributed by atoms with Gasteiger partial charge in [0.1, 0.15) is 24.7 Å². The minimum Gasteiger partial charge on any atom is -0.491 e. The van der Waals surface area contributed by atoms with Crippen molar-refractivity contribution in [2.75, 3.05) is 65.9 Å². The van der Waals surface area contributed by atoms with E-state index in [2.05, 4.69) is 36.4 Å². The highest BCUT2D eigenvalue weighted by atomic mass is 32.2. The molecule has 0 spiro atoms. The zero-order valence-electron chi connectivity index (χ0n) is 26.0. The van der Waals surface area contributed by atoms with Gasteiger partial charge < -0.3 is 23.7 Å². The fourth-order valence-corrected chi connectivity index (χ4v) is 7.06. The van der Waals surface area contributed by atoms with E-state index in [1.165, 1.54) is 4.31 Å². The Balaban J connectivity index is 1.28. The molecule has 0 bridgehead atoms. The van der Waals surface area contributed by atoms with Gasteiger partial charge in [-0.05, 0) is 52.7 Å². The van der Waals surface area contributed by atoms with Gasteiger partial charge >= 0.3 is 0 Å². The maximum absolute atomic E-state index is 13.5. The topological polar surface area (TPSA) is 83.5 Å². The number of fused-ring (bicyclic) bond motifs is 7. The molecule has 0 amide bonds. The number of benzene rings is 5. The van der Waals surface area contributed by atoms with Crippen molar-refractivity contribution in [3.8, 4) is 22.6 Å². The molecule has 0 saturated carbocycles. The van der Waals surface area contributed by atoms with Crippen LogP contribution in [0.25, 0.3) is 32.7 Å². The molecule has 0 aliphatic carbocycles. The average molecular weight is 642 g/mol. The van der Waals surface area contributed by atoms with Crippen molar-refractivity contribution in [3.05, 3.63) is 103 Å². The van der Waals surface area contributed by atoms with Gasteiger partial charge in [-0.15, -0.1) is 0 Å². The van der Waals surface area contributed by atoms with Crippen LogP contribution in [0.4, 0.5) is 0 Å². The summed E-state index contributed by atoms with van der Waals surface area (Å²) in [6.45, 7) is 4.77. The summed E-state index contributed by atoms with van der Waals surface area (Å²) in [4.78, 5) is 0.246. The Kier molecular flexibility index (Phi) is 10.5. The second-order valence-corrected chi connectivity index (χ2v) is 13.0. The number of aryl methyl sites for hydroxylation is 1. The molecule has 240 valence electrons. The van der Waals surface area contributed by atoms with Crippen LogP contribution in [-0.4, -0.2) is 78.7 Å². The van der Waals surface area contributed by atoms with Gasteiger partial charge in [0, 0.05) is 24.2 Å². The van der Waals surface area contributed by atoms with Crippen LogP contribution in [0.2, 0.25) is 0 Å². The Hall–Kier alpha value is -3.99. The van der Waals surface area contributed by atoms with E-state index in [1.807, 2.05) is 43.3 Å². The highest BCUT2D eigenvalue weighted by Crippen LogP contribution is 2.45. The Morgan fingerprint density at radius 3 is 1.50 bits per heavy atom. The normalized spacial score (nSPS) is 16.5. The maximum Gasteiger partial charge on any atom is 0.243 e. The zero-order chi connectivity index (χ0) is 31.8. The number of nitrogens with zero attached hydrogens (tertiary/aromatic N) is 1. The van der Waals surface area contributed by atoms with Crippen LogP contribution >= 0.6 is 0 Å². The summed E-state index contributed by atoms with van der Waals surface area (Å²) in [6.07, 6.45) is 0. The Morgan fingerprint density at radius 1 is 0.522 bits per heavy atom. The van der Waals surface area contributed by atoms with Crippen molar-refractivity contribution in [2.45, 2.75) is 11.8 Å². The molecule has 0 unspecified atom stereocenters. The van der Waals surface area contributed by atoms with Gasteiger partial charge in [-0.2, -0.15) is 4.31 Å². The van der Waals surface area contributed by atoms with Crippen LogP contribution in [-0.2, 0) is 24.2 Å². The van der Waals surface area contributed by atoms with Gasteiger partial charge in [0.2, 0.25) is 10.0 Å². The maximum atomic E-state index is 13.5. The van der Waals surface area contributed by atoms with Gasteiger partial charge in [0.25, 0.3) is 0 Å². The van der Waals surface area contributed by atoms with E-state index < -0.39 is 10.0 Å². The second-order valence-electron chi connectivity index (χ2n) is 11.1. The third kappa shape index (κ3) is 7.35. The summed E-state index contributed by atoms with van der Waals surface area (Å²) in [5.74, 6) is 1.47. The van der Waals surface area contributed by atoms with E-state index in [4.69, 9.17) is 23.7 Å². The first-order valence-corrected chi connectivity index (χ1v) is 17.1. The summed E-state index contributed by atoms with van der Waals surface area (Å²) < 4.78 is 58.6. The highest BCUT2D eigenvalue weighted by molar-refractivity contribution is 7.89. The molecule has 1 aliphatic rings. The summed E-state index contributed by atoms with van der Waals surface area (Å²) in [5, 5.41) is 4.30. The van der Waals surface area contributed by atoms with Gasteiger partial charge in [0.05, 0.1) is 44.5 Å². The van der Waals surface area contributed by atoms with E-state index in [0.717, 1.165) is 49.7 Å². The van der Waals surface area contributed by atoms with Crippen LogP contribution in [0.1, 0.15) is 5.56 Å². The van der Waals surface area contributed by atoms with Crippen LogP contribution in [0.5, 0.6) is 11.5 Å². The number of rotatable bonds is 2. The lowest BCUT2D eigenvalue weighted by molar-refractivity contribution is 0.0319.